The van der Waals surface area contributed by atoms with Crippen molar-refractivity contribution in [3.63, 3.8) is 0 Å². The lowest BCUT2D eigenvalue weighted by molar-refractivity contribution is 0.103. The van der Waals surface area contributed by atoms with Crippen molar-refractivity contribution in [1.82, 2.24) is 15.1 Å². The first-order valence-corrected chi connectivity index (χ1v) is 12.7. The fraction of sp³-hybridized carbons (Fsp3) is 0.259. The zero-order chi connectivity index (χ0) is 24.2. The molecule has 0 spiro atoms. The van der Waals surface area contributed by atoms with Crippen LogP contribution in [0.5, 0.6) is 0 Å². The molecule has 1 fully saturated rings. The number of hydrogen-bond acceptors (Lipinski definition) is 6. The van der Waals surface area contributed by atoms with Crippen molar-refractivity contribution in [1.29, 1.82) is 0 Å². The van der Waals surface area contributed by atoms with Gasteiger partial charge in [0.25, 0.3) is 5.91 Å². The Morgan fingerprint density at radius 3 is 2.74 bits per heavy atom. The average molecular weight is 488 g/mol. The minimum atomic E-state index is -0.0951. The molecule has 8 heteroatoms. The van der Waals surface area contributed by atoms with E-state index in [9.17, 15) is 9.90 Å². The van der Waals surface area contributed by atoms with Gasteiger partial charge in [0.05, 0.1) is 28.4 Å². The van der Waals surface area contributed by atoms with E-state index in [0.717, 1.165) is 70.2 Å². The summed E-state index contributed by atoms with van der Waals surface area (Å²) >= 11 is 1.45. The number of aryl methyl sites for hydroxylation is 1. The van der Waals surface area contributed by atoms with E-state index in [-0.39, 0.29) is 12.5 Å². The fourth-order valence-electron chi connectivity index (χ4n) is 4.43. The molecule has 3 N–H and O–H groups in total. The summed E-state index contributed by atoms with van der Waals surface area (Å²) in [6.45, 7) is 6.43. The second-order valence-corrected chi connectivity index (χ2v) is 9.61. The van der Waals surface area contributed by atoms with Crippen LogP contribution in [0.25, 0.3) is 23.1 Å². The van der Waals surface area contributed by atoms with Crippen LogP contribution in [0.15, 0.2) is 53.9 Å². The highest BCUT2D eigenvalue weighted by Gasteiger charge is 2.19. The summed E-state index contributed by atoms with van der Waals surface area (Å²) in [5.41, 5.74) is 5.59. The maximum absolute atomic E-state index is 13.1. The minimum absolute atomic E-state index is 0.0951. The molecule has 0 atom stereocenters. The van der Waals surface area contributed by atoms with Gasteiger partial charge in [0, 0.05) is 43.8 Å². The number of H-pyrrole nitrogens is 1. The number of fused-ring (bicyclic) bond motifs is 1. The van der Waals surface area contributed by atoms with Crippen LogP contribution >= 0.6 is 11.3 Å². The molecule has 0 bridgehead atoms. The van der Waals surface area contributed by atoms with Gasteiger partial charge in [-0.2, -0.15) is 5.10 Å². The number of hydrogen-bond donors (Lipinski definition) is 3. The zero-order valence-corrected chi connectivity index (χ0v) is 20.5. The minimum Gasteiger partial charge on any atom is -0.395 e. The topological polar surface area (TPSA) is 84.5 Å². The molecule has 180 valence electrons. The Labute approximate surface area is 208 Å². The third-order valence-electron chi connectivity index (χ3n) is 6.43. The smallest absolute Gasteiger partial charge is 0.266 e. The number of aliphatic hydroxyl groups excluding tert-OH is 1. The zero-order valence-electron chi connectivity index (χ0n) is 19.7. The molecule has 1 aliphatic heterocycles. The van der Waals surface area contributed by atoms with E-state index < -0.39 is 0 Å². The number of benzene rings is 2. The summed E-state index contributed by atoms with van der Waals surface area (Å²) in [5, 5.41) is 22.9. The maximum Gasteiger partial charge on any atom is 0.266 e. The monoisotopic (exact) mass is 487 g/mol. The molecule has 35 heavy (non-hydrogen) atoms. The largest absolute Gasteiger partial charge is 0.395 e. The number of nitrogens with one attached hydrogen (secondary N) is 2. The number of piperazine rings is 1. The maximum atomic E-state index is 13.1. The van der Waals surface area contributed by atoms with Gasteiger partial charge in [-0.1, -0.05) is 30.3 Å². The highest BCUT2D eigenvalue weighted by molar-refractivity contribution is 7.12. The number of aliphatic hydroxyl groups is 1. The molecule has 5 rings (SSSR count). The van der Waals surface area contributed by atoms with E-state index in [4.69, 9.17) is 0 Å². The molecule has 7 nitrogen and oxygen atoms in total. The summed E-state index contributed by atoms with van der Waals surface area (Å²) < 4.78 is 0. The molecule has 1 amide bonds. The standard InChI is InChI=1S/C27H29N5O2S/c1-19-10-17-35-26(19)27(34)28-25-18-21(32-13-11-31(12-14-32)15-16-33)8-6-20(25)7-9-24-22-4-2-3-5-23(22)29-30-24/h2-10,17-18,33H,11-16H2,1H3,(H,28,34)(H,29,30)/b9-7+. The number of aromatic amines is 1. The Morgan fingerprint density at radius 2 is 1.97 bits per heavy atom. The van der Waals surface area contributed by atoms with Gasteiger partial charge in [-0.25, -0.2) is 0 Å². The molecular weight excluding hydrogens is 458 g/mol. The summed E-state index contributed by atoms with van der Waals surface area (Å²) in [5.74, 6) is -0.0951. The van der Waals surface area contributed by atoms with E-state index in [1.165, 1.54) is 11.3 Å². The Kier molecular flexibility index (Phi) is 6.94. The summed E-state index contributed by atoms with van der Waals surface area (Å²) in [4.78, 5) is 18.4. The molecule has 4 aromatic rings. The molecule has 0 aliphatic carbocycles. The Balaban J connectivity index is 1.43. The molecule has 0 radical (unpaired) electrons. The van der Waals surface area contributed by atoms with E-state index >= 15 is 0 Å². The van der Waals surface area contributed by atoms with Crippen LogP contribution < -0.4 is 10.2 Å². The number of carbonyl (C=O) groups excluding carboxylic acids is 1. The first kappa shape index (κ1) is 23.3. The highest BCUT2D eigenvalue weighted by atomic mass is 32.1. The van der Waals surface area contributed by atoms with Crippen molar-refractivity contribution in [2.75, 3.05) is 49.5 Å². The van der Waals surface area contributed by atoms with Crippen molar-refractivity contribution in [3.8, 4) is 0 Å². The summed E-state index contributed by atoms with van der Waals surface area (Å²) in [6.07, 6.45) is 3.98. The Morgan fingerprint density at radius 1 is 1.14 bits per heavy atom. The first-order chi connectivity index (χ1) is 17.1. The number of para-hydroxylation sites is 1. The number of aromatic nitrogens is 2. The Hall–Kier alpha value is -3.46. The summed E-state index contributed by atoms with van der Waals surface area (Å²) in [7, 11) is 0. The van der Waals surface area contributed by atoms with Gasteiger partial charge in [0.2, 0.25) is 0 Å². The van der Waals surface area contributed by atoms with Gasteiger partial charge in [-0.15, -0.1) is 11.3 Å². The molecule has 3 heterocycles. The average Bonchev–Trinajstić information content (AvgIpc) is 3.50. The van der Waals surface area contributed by atoms with Gasteiger partial charge in [0.1, 0.15) is 0 Å². The molecular formula is C27H29N5O2S. The highest BCUT2D eigenvalue weighted by Crippen LogP contribution is 2.28. The molecule has 1 saturated heterocycles. The van der Waals surface area contributed by atoms with E-state index in [0.29, 0.717) is 6.54 Å². The van der Waals surface area contributed by atoms with Gasteiger partial charge in [0.15, 0.2) is 0 Å². The number of β-amino-alcohol motifs (C(OH)–C–C–N with tert-alkyl or cyclic N) is 1. The predicted molar refractivity (Wildman–Crippen MR) is 144 cm³/mol. The van der Waals surface area contributed by atoms with Crippen LogP contribution in [0.1, 0.15) is 26.5 Å². The number of thiophene rings is 1. The number of rotatable bonds is 7. The van der Waals surface area contributed by atoms with Gasteiger partial charge < -0.3 is 15.3 Å². The van der Waals surface area contributed by atoms with Gasteiger partial charge in [-0.05, 0) is 53.8 Å². The van der Waals surface area contributed by atoms with E-state index in [1.807, 2.05) is 54.8 Å². The lowest BCUT2D eigenvalue weighted by atomic mass is 10.1. The number of nitrogens with zero attached hydrogens (tertiary/aromatic N) is 3. The van der Waals surface area contributed by atoms with Crippen molar-refractivity contribution in [2.45, 2.75) is 6.92 Å². The van der Waals surface area contributed by atoms with E-state index in [2.05, 4.69) is 43.5 Å². The van der Waals surface area contributed by atoms with Crippen molar-refractivity contribution >= 4 is 51.7 Å². The van der Waals surface area contributed by atoms with Crippen LogP contribution in [0.2, 0.25) is 0 Å². The van der Waals surface area contributed by atoms with Crippen molar-refractivity contribution in [2.24, 2.45) is 0 Å². The van der Waals surface area contributed by atoms with Crippen LogP contribution in [-0.4, -0.2) is 65.4 Å². The predicted octanol–water partition coefficient (Wildman–Crippen LogP) is 4.47. The number of carbonyl (C=O) groups is 1. The molecule has 0 unspecified atom stereocenters. The lowest BCUT2D eigenvalue weighted by Gasteiger charge is -2.36. The van der Waals surface area contributed by atoms with Crippen LogP contribution in [0, 0.1) is 6.92 Å². The normalized spacial score (nSPS) is 14.7. The fourth-order valence-corrected chi connectivity index (χ4v) is 5.25. The second kappa shape index (κ2) is 10.4. The number of amides is 1. The molecule has 2 aromatic carbocycles. The van der Waals surface area contributed by atoms with Crippen LogP contribution in [-0.2, 0) is 0 Å². The third kappa shape index (κ3) is 5.14. The molecule has 0 saturated carbocycles. The lowest BCUT2D eigenvalue weighted by Crippen LogP contribution is -2.47. The van der Waals surface area contributed by atoms with Gasteiger partial charge in [-0.3, -0.25) is 14.8 Å². The third-order valence-corrected chi connectivity index (χ3v) is 7.44. The van der Waals surface area contributed by atoms with E-state index in [1.54, 1.807) is 0 Å². The van der Waals surface area contributed by atoms with Crippen molar-refractivity contribution < 1.29 is 9.90 Å². The second-order valence-electron chi connectivity index (χ2n) is 8.70. The molecule has 1 aliphatic rings. The van der Waals surface area contributed by atoms with Crippen molar-refractivity contribution in [3.05, 3.63) is 75.6 Å². The molecule has 2 aromatic heterocycles. The first-order valence-electron chi connectivity index (χ1n) is 11.8. The number of anilines is 2. The van der Waals surface area contributed by atoms with Crippen LogP contribution in [0.3, 0.4) is 0 Å². The Bertz CT molecular complexity index is 1350. The summed E-state index contributed by atoms with van der Waals surface area (Å²) in [6, 6.07) is 16.2. The van der Waals surface area contributed by atoms with Crippen LogP contribution in [0.4, 0.5) is 11.4 Å². The SMILES string of the molecule is Cc1ccsc1C(=O)Nc1cc(N2CCN(CCO)CC2)ccc1/C=C/c1n[nH]c2ccccc12. The quantitative estimate of drug-likeness (QED) is 0.358. The van der Waals surface area contributed by atoms with Gasteiger partial charge >= 0.3 is 0 Å².